The van der Waals surface area contributed by atoms with Crippen LogP contribution in [0.5, 0.6) is 0 Å². The fraction of sp³-hybridized carbons (Fsp3) is 0.500. The van der Waals surface area contributed by atoms with Gasteiger partial charge in [0.05, 0.1) is 0 Å². The van der Waals surface area contributed by atoms with Gasteiger partial charge in [0.15, 0.2) is 0 Å². The van der Waals surface area contributed by atoms with Crippen LogP contribution in [-0.4, -0.2) is 43.1 Å². The maximum atomic E-state index is 11.1. The monoisotopic (exact) mass is 210 g/mol. The van der Waals surface area contributed by atoms with Gasteiger partial charge in [-0.05, 0) is 12.1 Å². The summed E-state index contributed by atoms with van der Waals surface area (Å²) in [5.41, 5.74) is 1.15. The molecule has 1 rings (SSSR count). The van der Waals surface area contributed by atoms with Crippen LogP contribution in [0, 0.1) is 0 Å². The van der Waals surface area contributed by atoms with Crippen molar-refractivity contribution in [3.8, 4) is 0 Å². The first-order chi connectivity index (χ1) is 7.20. The van der Waals surface area contributed by atoms with Gasteiger partial charge in [-0.25, -0.2) is 4.79 Å². The molecule has 0 aliphatic rings. The Labute approximate surface area is 89.9 Å². The van der Waals surface area contributed by atoms with E-state index in [0.29, 0.717) is 6.54 Å². The molecule has 0 aliphatic carbocycles. The second-order valence-corrected chi connectivity index (χ2v) is 3.50. The summed E-state index contributed by atoms with van der Waals surface area (Å²) in [5.74, 6) is 0. The summed E-state index contributed by atoms with van der Waals surface area (Å²) in [7, 11) is 3.45. The molecule has 3 N–H and O–H groups in total. The molecule has 0 spiro atoms. The van der Waals surface area contributed by atoms with Crippen molar-refractivity contribution in [1.82, 2.24) is 20.5 Å². The van der Waals surface area contributed by atoms with Crippen LogP contribution >= 0.6 is 0 Å². The Balaban J connectivity index is 2.00. The molecule has 0 aromatic carbocycles. The first-order valence-corrected chi connectivity index (χ1v) is 4.98. The van der Waals surface area contributed by atoms with Crippen LogP contribution in [0.4, 0.5) is 4.79 Å². The lowest BCUT2D eigenvalue weighted by atomic mass is 10.4. The third-order valence-corrected chi connectivity index (χ3v) is 1.96. The van der Waals surface area contributed by atoms with Gasteiger partial charge in [0.25, 0.3) is 0 Å². The normalized spacial score (nSPS) is 10.0. The second-order valence-electron chi connectivity index (χ2n) is 3.50. The number of nitrogens with one attached hydrogen (secondary N) is 3. The first-order valence-electron chi connectivity index (χ1n) is 4.98. The van der Waals surface area contributed by atoms with E-state index in [9.17, 15) is 4.79 Å². The van der Waals surface area contributed by atoms with Gasteiger partial charge < -0.3 is 20.5 Å². The third kappa shape index (κ3) is 4.51. The molecule has 1 heterocycles. The maximum Gasteiger partial charge on any atom is 0.316 e. The predicted molar refractivity (Wildman–Crippen MR) is 59.6 cm³/mol. The molecule has 5 nitrogen and oxygen atoms in total. The van der Waals surface area contributed by atoms with Gasteiger partial charge in [0, 0.05) is 45.6 Å². The van der Waals surface area contributed by atoms with Gasteiger partial charge in [-0.3, -0.25) is 0 Å². The molecular formula is C10H18N4O. The molecule has 0 bridgehead atoms. The number of H-pyrrole nitrogens is 1. The van der Waals surface area contributed by atoms with E-state index in [4.69, 9.17) is 0 Å². The third-order valence-electron chi connectivity index (χ3n) is 1.96. The number of urea groups is 1. The number of hydrogen-bond donors (Lipinski definition) is 3. The molecule has 5 heteroatoms. The molecule has 2 amide bonds. The van der Waals surface area contributed by atoms with Crippen LogP contribution in [0.15, 0.2) is 18.3 Å². The minimum absolute atomic E-state index is 0.0586. The van der Waals surface area contributed by atoms with Crippen LogP contribution in [0.2, 0.25) is 0 Å². The number of rotatable bonds is 5. The Hall–Kier alpha value is -1.49. The zero-order chi connectivity index (χ0) is 11.1. The van der Waals surface area contributed by atoms with Crippen molar-refractivity contribution in [3.05, 3.63) is 24.0 Å². The lowest BCUT2D eigenvalue weighted by Crippen LogP contribution is -2.38. The predicted octanol–water partition coefficient (Wildman–Crippen LogP) is 0.376. The zero-order valence-electron chi connectivity index (χ0n) is 9.21. The highest BCUT2D eigenvalue weighted by Crippen LogP contribution is 1.91. The van der Waals surface area contributed by atoms with E-state index in [2.05, 4.69) is 15.6 Å². The molecule has 0 atom stereocenters. The second kappa shape index (κ2) is 6.08. The minimum atomic E-state index is -0.0586. The average molecular weight is 210 g/mol. The standard InChI is InChI=1S/C10H18N4O/c1-14(2)10(15)13-7-6-11-8-9-4-3-5-12-9/h3-5,11-12H,6-8H2,1-2H3,(H,13,15). The molecule has 84 valence electrons. The van der Waals surface area contributed by atoms with E-state index in [0.717, 1.165) is 18.8 Å². The highest BCUT2D eigenvalue weighted by atomic mass is 16.2. The summed E-state index contributed by atoms with van der Waals surface area (Å²) in [6.45, 7) is 2.20. The van der Waals surface area contributed by atoms with Crippen molar-refractivity contribution >= 4 is 6.03 Å². The lowest BCUT2D eigenvalue weighted by molar-refractivity contribution is 0.217. The summed E-state index contributed by atoms with van der Waals surface area (Å²) in [4.78, 5) is 15.7. The highest BCUT2D eigenvalue weighted by Gasteiger charge is 2.00. The van der Waals surface area contributed by atoms with Crippen molar-refractivity contribution in [2.45, 2.75) is 6.54 Å². The van der Waals surface area contributed by atoms with Gasteiger partial charge in [-0.2, -0.15) is 0 Å². The van der Waals surface area contributed by atoms with E-state index < -0.39 is 0 Å². The Kier molecular flexibility index (Phi) is 4.70. The van der Waals surface area contributed by atoms with E-state index in [1.807, 2.05) is 18.3 Å². The van der Waals surface area contributed by atoms with Crippen molar-refractivity contribution in [2.24, 2.45) is 0 Å². The van der Waals surface area contributed by atoms with Crippen LogP contribution in [-0.2, 0) is 6.54 Å². The molecule has 0 radical (unpaired) electrons. The van der Waals surface area contributed by atoms with Gasteiger partial charge >= 0.3 is 6.03 Å². The van der Waals surface area contributed by atoms with E-state index in [-0.39, 0.29) is 6.03 Å². The summed E-state index contributed by atoms with van der Waals surface area (Å²) < 4.78 is 0. The topological polar surface area (TPSA) is 60.2 Å². The molecule has 0 saturated heterocycles. The molecule has 0 saturated carbocycles. The van der Waals surface area contributed by atoms with Crippen LogP contribution in [0.1, 0.15) is 5.69 Å². The van der Waals surface area contributed by atoms with Crippen molar-refractivity contribution in [1.29, 1.82) is 0 Å². The lowest BCUT2D eigenvalue weighted by Gasteiger charge is -2.11. The number of carbonyl (C=O) groups is 1. The molecule has 0 aliphatic heterocycles. The maximum absolute atomic E-state index is 11.1. The summed E-state index contributed by atoms with van der Waals surface area (Å²) in [6, 6.07) is 3.92. The van der Waals surface area contributed by atoms with Crippen molar-refractivity contribution in [2.75, 3.05) is 27.2 Å². The summed E-state index contributed by atoms with van der Waals surface area (Å²) >= 11 is 0. The molecule has 15 heavy (non-hydrogen) atoms. The largest absolute Gasteiger partial charge is 0.364 e. The Morgan fingerprint density at radius 3 is 2.87 bits per heavy atom. The number of carbonyl (C=O) groups excluding carboxylic acids is 1. The van der Waals surface area contributed by atoms with Crippen LogP contribution in [0.3, 0.4) is 0 Å². The molecular weight excluding hydrogens is 192 g/mol. The van der Waals surface area contributed by atoms with Crippen LogP contribution < -0.4 is 10.6 Å². The van der Waals surface area contributed by atoms with E-state index >= 15 is 0 Å². The Morgan fingerprint density at radius 1 is 1.47 bits per heavy atom. The van der Waals surface area contributed by atoms with Gasteiger partial charge in [-0.15, -0.1) is 0 Å². The number of aromatic amines is 1. The van der Waals surface area contributed by atoms with Crippen LogP contribution in [0.25, 0.3) is 0 Å². The van der Waals surface area contributed by atoms with Gasteiger partial charge in [-0.1, -0.05) is 0 Å². The zero-order valence-corrected chi connectivity index (χ0v) is 9.21. The number of hydrogen-bond acceptors (Lipinski definition) is 2. The molecule has 0 fully saturated rings. The summed E-state index contributed by atoms with van der Waals surface area (Å²) in [6.07, 6.45) is 1.89. The van der Waals surface area contributed by atoms with Gasteiger partial charge in [0.2, 0.25) is 0 Å². The number of aromatic nitrogens is 1. The smallest absolute Gasteiger partial charge is 0.316 e. The van der Waals surface area contributed by atoms with Gasteiger partial charge in [0.1, 0.15) is 0 Å². The Morgan fingerprint density at radius 2 is 2.27 bits per heavy atom. The molecule has 1 aromatic heterocycles. The number of nitrogens with zero attached hydrogens (tertiary/aromatic N) is 1. The van der Waals surface area contributed by atoms with E-state index in [1.54, 1.807) is 14.1 Å². The SMILES string of the molecule is CN(C)C(=O)NCCNCc1ccc[nH]1. The number of amides is 2. The quantitative estimate of drug-likeness (QED) is 0.615. The first kappa shape index (κ1) is 11.6. The fourth-order valence-electron chi connectivity index (χ4n) is 1.12. The fourth-order valence-corrected chi connectivity index (χ4v) is 1.12. The van der Waals surface area contributed by atoms with Crippen molar-refractivity contribution < 1.29 is 4.79 Å². The average Bonchev–Trinajstić information content (AvgIpc) is 2.69. The Bertz CT molecular complexity index is 282. The minimum Gasteiger partial charge on any atom is -0.364 e. The van der Waals surface area contributed by atoms with Crippen molar-refractivity contribution in [3.63, 3.8) is 0 Å². The van der Waals surface area contributed by atoms with E-state index in [1.165, 1.54) is 4.90 Å². The summed E-state index contributed by atoms with van der Waals surface area (Å²) in [5, 5.41) is 5.99. The molecule has 0 unspecified atom stereocenters. The molecule has 1 aromatic rings. The highest BCUT2D eigenvalue weighted by molar-refractivity contribution is 5.73.